The van der Waals surface area contributed by atoms with Gasteiger partial charge in [-0.3, -0.25) is 0 Å². The number of benzene rings is 5. The van der Waals surface area contributed by atoms with Gasteiger partial charge in [-0.1, -0.05) is 145 Å². The molecule has 11 rings (SSSR count). The van der Waals surface area contributed by atoms with Crippen molar-refractivity contribution in [3.63, 3.8) is 0 Å². The Labute approximate surface area is 323 Å². The molecule has 2 nitrogen and oxygen atoms in total. The molecule has 2 aliphatic carbocycles. The molecule has 2 unspecified atom stereocenters. The van der Waals surface area contributed by atoms with Crippen LogP contribution in [-0.2, 0) is 10.8 Å². The van der Waals surface area contributed by atoms with Crippen LogP contribution in [0.4, 0.5) is 22.7 Å². The summed E-state index contributed by atoms with van der Waals surface area (Å²) in [5, 5.41) is 3.39. The van der Waals surface area contributed by atoms with Crippen LogP contribution in [0.5, 0.6) is 0 Å². The van der Waals surface area contributed by atoms with Gasteiger partial charge in [-0.2, -0.15) is 0 Å². The maximum Gasteiger partial charge on any atom is 0.244 e. The van der Waals surface area contributed by atoms with Gasteiger partial charge in [0.2, 0.25) is 6.71 Å². The smallest absolute Gasteiger partial charge is 0.244 e. The van der Waals surface area contributed by atoms with Gasteiger partial charge in [-0.05, 0) is 110 Å². The van der Waals surface area contributed by atoms with Crippen molar-refractivity contribution in [2.75, 3.05) is 9.80 Å². The van der Waals surface area contributed by atoms with Crippen molar-refractivity contribution in [1.82, 2.24) is 0 Å². The number of aryl methyl sites for hydroxylation is 1. The zero-order valence-corrected chi connectivity index (χ0v) is 34.3. The van der Waals surface area contributed by atoms with Gasteiger partial charge in [-0.15, -0.1) is 0 Å². The SMILES string of the molecule is Cc1cc2c3c(c1)N1c4c(cccc4C4CCCCC41)B3C1=C(C3=C(c4ccccc4C3(C)C)[Si]1(C)C)N2c1cccc(-c2ccc(C(C)(C)C)cc2)c1. The first-order chi connectivity index (χ1) is 25.9. The van der Waals surface area contributed by atoms with Gasteiger partial charge in [-0.25, -0.2) is 0 Å². The van der Waals surface area contributed by atoms with Gasteiger partial charge in [0.05, 0.1) is 0 Å². The fourth-order valence-corrected chi connectivity index (χ4v) is 16.2. The molecule has 0 saturated heterocycles. The average molecular weight is 719 g/mol. The van der Waals surface area contributed by atoms with Gasteiger partial charge in [0.25, 0.3) is 0 Å². The molecule has 54 heavy (non-hydrogen) atoms. The van der Waals surface area contributed by atoms with E-state index in [0.717, 1.165) is 0 Å². The second kappa shape index (κ2) is 10.8. The van der Waals surface area contributed by atoms with Crippen LogP contribution in [0.1, 0.15) is 94.0 Å². The van der Waals surface area contributed by atoms with Crippen molar-refractivity contribution in [3.05, 3.63) is 147 Å². The van der Waals surface area contributed by atoms with Crippen molar-refractivity contribution >= 4 is 53.7 Å². The van der Waals surface area contributed by atoms with E-state index in [1.807, 2.05) is 0 Å². The minimum absolute atomic E-state index is 0.107. The Hall–Kier alpha value is -4.54. The number of hydrogen-bond acceptors (Lipinski definition) is 2. The monoisotopic (exact) mass is 718 g/mol. The van der Waals surface area contributed by atoms with E-state index in [1.54, 1.807) is 38.0 Å². The first kappa shape index (κ1) is 32.9. The van der Waals surface area contributed by atoms with Crippen LogP contribution in [0.25, 0.3) is 16.3 Å². The van der Waals surface area contributed by atoms with E-state index in [4.69, 9.17) is 0 Å². The lowest BCUT2D eigenvalue weighted by molar-refractivity contribution is 0.402. The molecule has 2 atom stereocenters. The number of fused-ring (bicyclic) bond motifs is 9. The minimum Gasteiger partial charge on any atom is -0.338 e. The largest absolute Gasteiger partial charge is 0.338 e. The lowest BCUT2D eigenvalue weighted by Crippen LogP contribution is -2.60. The number of nitrogens with zero attached hydrogens (tertiary/aromatic N) is 2. The van der Waals surface area contributed by atoms with E-state index >= 15 is 0 Å². The molecule has 6 aliphatic rings. The van der Waals surface area contributed by atoms with Gasteiger partial charge >= 0.3 is 0 Å². The Balaban J connectivity index is 1.21. The van der Waals surface area contributed by atoms with E-state index < -0.39 is 8.07 Å². The summed E-state index contributed by atoms with van der Waals surface area (Å²) in [5.41, 5.74) is 21.8. The predicted molar refractivity (Wildman–Crippen MR) is 233 cm³/mol. The van der Waals surface area contributed by atoms with E-state index in [-0.39, 0.29) is 17.5 Å². The fourth-order valence-electron chi connectivity index (χ4n) is 12.1. The highest BCUT2D eigenvalue weighted by Crippen LogP contribution is 2.63. The molecule has 5 aromatic carbocycles. The van der Waals surface area contributed by atoms with E-state index in [0.29, 0.717) is 12.0 Å². The minimum atomic E-state index is -2.23. The van der Waals surface area contributed by atoms with Crippen LogP contribution in [0.15, 0.2) is 119 Å². The first-order valence-electron chi connectivity index (χ1n) is 20.5. The van der Waals surface area contributed by atoms with E-state index in [1.165, 1.54) is 81.8 Å². The molecule has 1 fully saturated rings. The third-order valence-corrected chi connectivity index (χ3v) is 18.1. The van der Waals surface area contributed by atoms with Crippen molar-refractivity contribution in [1.29, 1.82) is 0 Å². The second-order valence-electron chi connectivity index (χ2n) is 19.3. The van der Waals surface area contributed by atoms with Crippen LogP contribution in [0.2, 0.25) is 13.1 Å². The summed E-state index contributed by atoms with van der Waals surface area (Å²) in [6, 6.07) is 41.2. The Morgan fingerprint density at radius 1 is 0.778 bits per heavy atom. The van der Waals surface area contributed by atoms with Crippen molar-refractivity contribution in [2.45, 2.75) is 103 Å². The number of hydrogen-bond donors (Lipinski definition) is 0. The van der Waals surface area contributed by atoms with Gasteiger partial charge < -0.3 is 9.80 Å². The lowest BCUT2D eigenvalue weighted by atomic mass is 9.36. The van der Waals surface area contributed by atoms with Crippen LogP contribution < -0.4 is 20.7 Å². The van der Waals surface area contributed by atoms with Crippen LogP contribution in [0.3, 0.4) is 0 Å². The fraction of sp³-hybridized carbons (Fsp3) is 0.320. The van der Waals surface area contributed by atoms with Gasteiger partial charge in [0.1, 0.15) is 8.07 Å². The summed E-state index contributed by atoms with van der Waals surface area (Å²) in [6.45, 7) is 19.9. The quantitative estimate of drug-likeness (QED) is 0.168. The molecule has 268 valence electrons. The van der Waals surface area contributed by atoms with Gasteiger partial charge in [0.15, 0.2) is 0 Å². The van der Waals surface area contributed by atoms with E-state index in [2.05, 4.69) is 168 Å². The molecule has 1 saturated carbocycles. The molecule has 4 heteroatoms. The van der Waals surface area contributed by atoms with Crippen LogP contribution in [0, 0.1) is 6.92 Å². The molecule has 4 aliphatic heterocycles. The summed E-state index contributed by atoms with van der Waals surface area (Å²) < 4.78 is 0. The zero-order chi connectivity index (χ0) is 37.1. The summed E-state index contributed by atoms with van der Waals surface area (Å²) in [7, 11) is -2.23. The molecular formula is C50H51BN2Si. The Morgan fingerprint density at radius 3 is 2.31 bits per heavy atom. The third kappa shape index (κ3) is 4.13. The third-order valence-electron chi connectivity index (χ3n) is 14.4. The molecule has 0 bridgehead atoms. The highest BCUT2D eigenvalue weighted by molar-refractivity contribution is 7.17. The predicted octanol–water partition coefficient (Wildman–Crippen LogP) is 11.6. The molecule has 0 aromatic heterocycles. The first-order valence-corrected chi connectivity index (χ1v) is 23.5. The Morgan fingerprint density at radius 2 is 1.52 bits per heavy atom. The molecule has 0 amide bonds. The summed E-state index contributed by atoms with van der Waals surface area (Å²) in [4.78, 5) is 5.62. The second-order valence-corrected chi connectivity index (χ2v) is 23.6. The molecular weight excluding hydrogens is 667 g/mol. The van der Waals surface area contributed by atoms with Crippen molar-refractivity contribution < 1.29 is 0 Å². The van der Waals surface area contributed by atoms with Crippen LogP contribution in [-0.4, -0.2) is 20.8 Å². The normalized spacial score (nSPS) is 22.2. The molecule has 0 N–H and O–H groups in total. The maximum atomic E-state index is 2.86. The number of allylic oxidation sites excluding steroid dienone is 1. The Kier molecular flexibility index (Phi) is 6.58. The van der Waals surface area contributed by atoms with E-state index in [9.17, 15) is 0 Å². The van der Waals surface area contributed by atoms with Crippen molar-refractivity contribution in [3.8, 4) is 11.1 Å². The summed E-state index contributed by atoms with van der Waals surface area (Å²) in [6.07, 6.45) is 5.26. The van der Waals surface area contributed by atoms with Crippen LogP contribution >= 0.6 is 0 Å². The van der Waals surface area contributed by atoms with Crippen molar-refractivity contribution in [2.24, 2.45) is 0 Å². The number of anilines is 4. The molecule has 4 heterocycles. The Bertz CT molecular complexity index is 2530. The molecule has 0 spiro atoms. The summed E-state index contributed by atoms with van der Waals surface area (Å²) >= 11 is 0. The molecule has 0 radical (unpaired) electrons. The standard InChI is InChI=1S/C50H51BN2Si/c1-30-27-41-44-42(28-30)53-40-22-12-10-17-35(40)36-19-14-21-39(45(36)53)51(44)48-46(43-47(54(48,7)8)37-18-9-11-20-38(37)50(43,5)6)52(41)34-16-13-15-32(29-34)31-23-25-33(26-24-31)49(2,3)4/h9,11,13-16,18-21,23-29,35,40H,10,12,17,22H2,1-8H3. The highest BCUT2D eigenvalue weighted by atomic mass is 28.3. The molecule has 5 aromatic rings. The highest BCUT2D eigenvalue weighted by Gasteiger charge is 2.60. The maximum absolute atomic E-state index is 2.86. The number of para-hydroxylation sites is 1. The average Bonchev–Trinajstić information content (AvgIpc) is 3.72. The summed E-state index contributed by atoms with van der Waals surface area (Å²) in [5.74, 6) is 0.624. The number of rotatable bonds is 2. The topological polar surface area (TPSA) is 6.48 Å². The van der Waals surface area contributed by atoms with Gasteiger partial charge in [0, 0.05) is 45.8 Å². The zero-order valence-electron chi connectivity index (χ0n) is 33.3. The lowest BCUT2D eigenvalue weighted by Gasteiger charge is -2.48.